The van der Waals surface area contributed by atoms with Crippen LogP contribution in [0.25, 0.3) is 0 Å². The molecule has 3 aromatic carbocycles. The van der Waals surface area contributed by atoms with Crippen molar-refractivity contribution in [2.45, 2.75) is 55.8 Å². The molecule has 49 heavy (non-hydrogen) atoms. The Kier molecular flexibility index (Phi) is 9.03. The summed E-state index contributed by atoms with van der Waals surface area (Å²) < 4.78 is 6.32. The Bertz CT molecular complexity index is 2030. The second kappa shape index (κ2) is 13.1. The summed E-state index contributed by atoms with van der Waals surface area (Å²) in [6.45, 7) is 7.84. The second-order valence-electron chi connectivity index (χ2n) is 12.7. The zero-order valence-corrected chi connectivity index (χ0v) is 28.6. The second-order valence-corrected chi connectivity index (χ2v) is 14.8. The molecule has 0 spiro atoms. The van der Waals surface area contributed by atoms with Gasteiger partial charge in [0, 0.05) is 28.6 Å². The van der Waals surface area contributed by atoms with Gasteiger partial charge in [0.05, 0.1) is 33.7 Å². The average molecular weight is 701 g/mol. The summed E-state index contributed by atoms with van der Waals surface area (Å²) in [4.78, 5) is 78.8. The molecule has 0 saturated carbocycles. The number of nitro benzene ring substituents is 1. The number of imide groups is 1. The minimum absolute atomic E-state index is 0.138. The van der Waals surface area contributed by atoms with E-state index in [1.165, 1.54) is 41.0 Å². The first kappa shape index (κ1) is 33.8. The molecule has 4 aromatic rings. The number of rotatable bonds is 8. The van der Waals surface area contributed by atoms with Crippen molar-refractivity contribution in [1.82, 2.24) is 4.57 Å². The van der Waals surface area contributed by atoms with Crippen molar-refractivity contribution in [2.24, 2.45) is 5.92 Å². The summed E-state index contributed by atoms with van der Waals surface area (Å²) in [5, 5.41) is 13.5. The van der Waals surface area contributed by atoms with Crippen molar-refractivity contribution < 1.29 is 28.8 Å². The van der Waals surface area contributed by atoms with Crippen LogP contribution in [-0.4, -0.2) is 45.0 Å². The molecule has 1 aromatic heterocycles. The first-order chi connectivity index (χ1) is 23.3. The number of esters is 1. The number of hydrogen-bond donors (Lipinski definition) is 1. The lowest BCUT2D eigenvalue weighted by Crippen LogP contribution is -2.33. The lowest BCUT2D eigenvalue weighted by atomic mass is 9.81. The topological polar surface area (TPSA) is 158 Å². The highest BCUT2D eigenvalue weighted by Gasteiger charge is 2.57. The van der Waals surface area contributed by atoms with Crippen LogP contribution in [-0.2, 0) is 31.1 Å². The van der Waals surface area contributed by atoms with Gasteiger partial charge in [-0.15, -0.1) is 0 Å². The van der Waals surface area contributed by atoms with Gasteiger partial charge in [-0.2, -0.15) is 0 Å². The molecular formula is C35H32N4O8S2. The van der Waals surface area contributed by atoms with Crippen molar-refractivity contribution in [3.63, 3.8) is 0 Å². The van der Waals surface area contributed by atoms with E-state index in [1.807, 2.05) is 24.3 Å². The van der Waals surface area contributed by atoms with Crippen molar-refractivity contribution >= 4 is 63.9 Å². The third-order valence-electron chi connectivity index (χ3n) is 8.49. The van der Waals surface area contributed by atoms with E-state index in [2.05, 4.69) is 26.1 Å². The van der Waals surface area contributed by atoms with Crippen molar-refractivity contribution in [3.8, 4) is 0 Å². The Hall–Kier alpha value is -5.08. The van der Waals surface area contributed by atoms with E-state index < -0.39 is 50.6 Å². The van der Waals surface area contributed by atoms with E-state index in [9.17, 15) is 34.1 Å². The van der Waals surface area contributed by atoms with Crippen molar-refractivity contribution in [3.05, 3.63) is 114 Å². The Morgan fingerprint density at radius 3 is 2.18 bits per heavy atom. The van der Waals surface area contributed by atoms with Gasteiger partial charge in [-0.3, -0.25) is 33.9 Å². The van der Waals surface area contributed by atoms with Gasteiger partial charge < -0.3 is 10.1 Å². The number of non-ortho nitro benzene ring substituents is 1. The van der Waals surface area contributed by atoms with Gasteiger partial charge in [0.2, 0.25) is 17.7 Å². The van der Waals surface area contributed by atoms with Crippen LogP contribution in [0.1, 0.15) is 60.0 Å². The fourth-order valence-electron chi connectivity index (χ4n) is 6.03. The minimum atomic E-state index is -0.916. The number of thiazole rings is 1. The number of benzene rings is 3. The van der Waals surface area contributed by atoms with Gasteiger partial charge >= 0.3 is 10.8 Å². The predicted molar refractivity (Wildman–Crippen MR) is 185 cm³/mol. The molecule has 252 valence electrons. The van der Waals surface area contributed by atoms with Gasteiger partial charge in [0.1, 0.15) is 11.8 Å². The number of nitro groups is 1. The molecule has 1 N–H and O–H groups in total. The first-order valence-electron chi connectivity index (χ1n) is 15.5. The van der Waals surface area contributed by atoms with Crippen LogP contribution in [0.5, 0.6) is 0 Å². The zero-order chi connectivity index (χ0) is 35.2. The van der Waals surface area contributed by atoms with Crippen molar-refractivity contribution in [1.29, 1.82) is 0 Å². The molecule has 2 unspecified atom stereocenters. The smallest absolute Gasteiger partial charge is 0.338 e. The van der Waals surface area contributed by atoms with E-state index in [4.69, 9.17) is 4.74 Å². The average Bonchev–Trinajstić information content (AvgIpc) is 3.51. The molecule has 0 radical (unpaired) electrons. The Morgan fingerprint density at radius 2 is 1.59 bits per heavy atom. The summed E-state index contributed by atoms with van der Waals surface area (Å²) in [6, 6.07) is 19.2. The fraction of sp³-hybridized carbons (Fsp3) is 0.286. The van der Waals surface area contributed by atoms with E-state index in [-0.39, 0.29) is 29.9 Å². The van der Waals surface area contributed by atoms with Crippen LogP contribution >= 0.6 is 23.1 Å². The number of ether oxygens (including phenoxy) is 1. The quantitative estimate of drug-likeness (QED) is 0.105. The summed E-state index contributed by atoms with van der Waals surface area (Å²) >= 11 is 2.02. The molecule has 0 bridgehead atoms. The van der Waals surface area contributed by atoms with Gasteiger partial charge in [-0.05, 0) is 59.9 Å². The van der Waals surface area contributed by atoms with E-state index in [1.54, 1.807) is 19.1 Å². The molecule has 2 aliphatic rings. The summed E-state index contributed by atoms with van der Waals surface area (Å²) in [5.74, 6) is -3.48. The molecule has 3 heterocycles. The lowest BCUT2D eigenvalue weighted by molar-refractivity contribution is -0.384. The van der Waals surface area contributed by atoms with Gasteiger partial charge in [-0.25, -0.2) is 9.69 Å². The number of aromatic nitrogens is 1. The predicted octanol–water partition coefficient (Wildman–Crippen LogP) is 5.73. The summed E-state index contributed by atoms with van der Waals surface area (Å²) in [5.41, 5.74) is 2.45. The molecular weight excluding hydrogens is 669 g/mol. The maximum atomic E-state index is 14.1. The zero-order valence-electron chi connectivity index (χ0n) is 27.0. The minimum Gasteiger partial charge on any atom is -0.462 e. The maximum absolute atomic E-state index is 14.1. The normalized spacial score (nSPS) is 18.5. The number of carbonyl (C=O) groups excluding carboxylic acids is 4. The van der Waals surface area contributed by atoms with E-state index in [0.717, 1.165) is 39.1 Å². The molecule has 12 nitrogen and oxygen atoms in total. The molecule has 1 saturated heterocycles. The first-order valence-corrected chi connectivity index (χ1v) is 17.2. The molecule has 3 atom stereocenters. The van der Waals surface area contributed by atoms with E-state index in [0.29, 0.717) is 21.2 Å². The van der Waals surface area contributed by atoms with Crippen LogP contribution in [0.4, 0.5) is 17.1 Å². The fourth-order valence-corrected chi connectivity index (χ4v) is 8.80. The highest BCUT2D eigenvalue weighted by atomic mass is 32.2. The van der Waals surface area contributed by atoms with Crippen LogP contribution in [0.2, 0.25) is 0 Å². The van der Waals surface area contributed by atoms with E-state index >= 15 is 0 Å². The highest BCUT2D eigenvalue weighted by molar-refractivity contribution is 8.00. The molecule has 0 aliphatic carbocycles. The number of hydrogen-bond acceptors (Lipinski definition) is 10. The molecule has 3 amide bonds. The Morgan fingerprint density at radius 1 is 0.939 bits per heavy atom. The molecule has 14 heteroatoms. The standard InChI is InChI=1S/C35H32N4O8S2/c1-5-47-33(43)20-8-12-22(13-9-20)36-25(40)18-37-32-29(49-34(37)44)26(19-6-10-21(11-7-19)35(2,3)4)27-28(48-32)31(42)38(30(27)41)23-14-16-24(17-15-23)39(45)46/h6-17,26-28H,5,18H2,1-4H3,(H,36,40)/t26-,27?,28?/m0/s1. The van der Waals surface area contributed by atoms with Gasteiger partial charge in [-0.1, -0.05) is 68.1 Å². The third kappa shape index (κ3) is 6.41. The SMILES string of the molecule is CCOC(=O)c1ccc(NC(=O)Cn2c3c(sc2=O)[C@@H](c2ccc(C(C)(C)C)cc2)C2C(=O)N(c4ccc([N+](=O)[O-])cc4)C(=O)C2S3)cc1. The van der Waals surface area contributed by atoms with Crippen LogP contribution in [0.3, 0.4) is 0 Å². The number of carbonyl (C=O) groups is 4. The summed E-state index contributed by atoms with van der Waals surface area (Å²) in [6.07, 6.45) is 0. The number of amides is 3. The van der Waals surface area contributed by atoms with Crippen LogP contribution < -0.4 is 15.1 Å². The maximum Gasteiger partial charge on any atom is 0.338 e. The van der Waals surface area contributed by atoms with Gasteiger partial charge in [0.25, 0.3) is 5.69 Å². The molecule has 1 fully saturated rings. The highest BCUT2D eigenvalue weighted by Crippen LogP contribution is 2.54. The number of thioether (sulfide) groups is 1. The van der Waals surface area contributed by atoms with Gasteiger partial charge in [0.15, 0.2) is 0 Å². The largest absolute Gasteiger partial charge is 0.462 e. The van der Waals surface area contributed by atoms with Crippen molar-refractivity contribution in [2.75, 3.05) is 16.8 Å². The molecule has 2 aliphatic heterocycles. The third-order valence-corrected chi connectivity index (χ3v) is 11.1. The monoisotopic (exact) mass is 700 g/mol. The lowest BCUT2D eigenvalue weighted by Gasteiger charge is -2.31. The number of nitrogens with one attached hydrogen (secondary N) is 1. The number of anilines is 2. The van der Waals surface area contributed by atoms with Crippen LogP contribution in [0, 0.1) is 16.0 Å². The van der Waals surface area contributed by atoms with Crippen LogP contribution in [0.15, 0.2) is 82.6 Å². The molecule has 6 rings (SSSR count). The number of nitrogens with zero attached hydrogens (tertiary/aromatic N) is 3. The number of fused-ring (bicyclic) bond motifs is 2. The Balaban J connectivity index is 1.35. The Labute approximate surface area is 289 Å². The summed E-state index contributed by atoms with van der Waals surface area (Å²) in [7, 11) is 0.